The summed E-state index contributed by atoms with van der Waals surface area (Å²) in [5.74, 6) is 0.878. The summed E-state index contributed by atoms with van der Waals surface area (Å²) in [5, 5.41) is 7.78. The van der Waals surface area contributed by atoms with Crippen LogP contribution < -0.4 is 5.32 Å². The second kappa shape index (κ2) is 10.7. The minimum atomic E-state index is 0. The van der Waals surface area contributed by atoms with Crippen LogP contribution in [0.2, 0.25) is 0 Å². The molecule has 2 aromatic carbocycles. The summed E-state index contributed by atoms with van der Waals surface area (Å²) >= 11 is 0. The van der Waals surface area contributed by atoms with Gasteiger partial charge in [-0.1, -0.05) is 54.6 Å². The molecule has 0 spiro atoms. The van der Waals surface area contributed by atoms with Gasteiger partial charge in [-0.3, -0.25) is 4.68 Å². The molecule has 27 heavy (non-hydrogen) atoms. The number of aromatic nitrogens is 2. The summed E-state index contributed by atoms with van der Waals surface area (Å²) < 4.78 is 1.94. The van der Waals surface area contributed by atoms with Gasteiger partial charge >= 0.3 is 0 Å². The number of benzene rings is 2. The topological polar surface area (TPSA) is 45.5 Å². The molecule has 5 nitrogen and oxygen atoms in total. The van der Waals surface area contributed by atoms with E-state index in [1.165, 1.54) is 16.7 Å². The summed E-state index contributed by atoms with van der Waals surface area (Å²) in [6, 6.07) is 20.7. The largest absolute Gasteiger partial charge is 0.352 e. The highest BCUT2D eigenvalue weighted by molar-refractivity contribution is 14.0. The van der Waals surface area contributed by atoms with E-state index in [1.807, 2.05) is 54.1 Å². The van der Waals surface area contributed by atoms with Crippen LogP contribution in [-0.2, 0) is 19.6 Å². The van der Waals surface area contributed by atoms with E-state index in [9.17, 15) is 0 Å². The second-order valence-corrected chi connectivity index (χ2v) is 6.35. The fourth-order valence-corrected chi connectivity index (χ4v) is 2.73. The van der Waals surface area contributed by atoms with Crippen LogP contribution in [-0.4, -0.2) is 34.7 Å². The SMILES string of the molecule is CN(C)C(=NCc1ccccc1)NCc1ccccc1Cn1cccn1.I. The van der Waals surface area contributed by atoms with Gasteiger partial charge < -0.3 is 10.2 Å². The summed E-state index contributed by atoms with van der Waals surface area (Å²) in [4.78, 5) is 6.74. The van der Waals surface area contributed by atoms with Gasteiger partial charge in [0.05, 0.1) is 13.1 Å². The van der Waals surface area contributed by atoms with Crippen molar-refractivity contribution < 1.29 is 0 Å². The maximum atomic E-state index is 4.73. The van der Waals surface area contributed by atoms with Crippen LogP contribution in [0.25, 0.3) is 0 Å². The lowest BCUT2D eigenvalue weighted by molar-refractivity contribution is 0.577. The van der Waals surface area contributed by atoms with Crippen molar-refractivity contribution in [2.45, 2.75) is 19.6 Å². The third-order valence-electron chi connectivity index (χ3n) is 4.12. The number of hydrogen-bond donors (Lipinski definition) is 1. The Morgan fingerprint density at radius 2 is 1.70 bits per heavy atom. The molecule has 1 N–H and O–H groups in total. The van der Waals surface area contributed by atoms with Gasteiger partial charge in [0, 0.05) is 33.0 Å². The van der Waals surface area contributed by atoms with E-state index in [4.69, 9.17) is 4.99 Å². The average Bonchev–Trinajstić information content (AvgIpc) is 3.16. The third-order valence-corrected chi connectivity index (χ3v) is 4.12. The van der Waals surface area contributed by atoms with Gasteiger partial charge in [0.25, 0.3) is 0 Å². The number of hydrogen-bond acceptors (Lipinski definition) is 2. The smallest absolute Gasteiger partial charge is 0.194 e. The van der Waals surface area contributed by atoms with Gasteiger partial charge in [0.15, 0.2) is 5.96 Å². The van der Waals surface area contributed by atoms with Crippen molar-refractivity contribution >= 4 is 29.9 Å². The Morgan fingerprint density at radius 1 is 1.00 bits per heavy atom. The van der Waals surface area contributed by atoms with Crippen molar-refractivity contribution in [3.63, 3.8) is 0 Å². The molecular formula is C21H26IN5. The van der Waals surface area contributed by atoms with Crippen molar-refractivity contribution in [2.75, 3.05) is 14.1 Å². The molecule has 1 aromatic heterocycles. The van der Waals surface area contributed by atoms with E-state index in [1.54, 1.807) is 6.20 Å². The molecule has 0 aliphatic rings. The predicted octanol–water partition coefficient (Wildman–Crippen LogP) is 3.76. The Bertz CT molecular complexity index is 829. The van der Waals surface area contributed by atoms with E-state index < -0.39 is 0 Å². The summed E-state index contributed by atoms with van der Waals surface area (Å²) in [6.07, 6.45) is 3.79. The van der Waals surface area contributed by atoms with Gasteiger partial charge in [-0.05, 0) is 22.8 Å². The minimum Gasteiger partial charge on any atom is -0.352 e. The highest BCUT2D eigenvalue weighted by Gasteiger charge is 2.06. The molecular weight excluding hydrogens is 449 g/mol. The van der Waals surface area contributed by atoms with Crippen LogP contribution in [0, 0.1) is 0 Å². The predicted molar refractivity (Wildman–Crippen MR) is 121 cm³/mol. The van der Waals surface area contributed by atoms with Crippen molar-refractivity contribution in [3.05, 3.63) is 89.7 Å². The molecule has 3 rings (SSSR count). The van der Waals surface area contributed by atoms with Crippen molar-refractivity contribution in [2.24, 2.45) is 4.99 Å². The Kier molecular flexibility index (Phi) is 8.32. The molecule has 142 valence electrons. The first kappa shape index (κ1) is 21.0. The monoisotopic (exact) mass is 475 g/mol. The van der Waals surface area contributed by atoms with Crippen LogP contribution in [0.15, 0.2) is 78.0 Å². The third kappa shape index (κ3) is 6.39. The van der Waals surface area contributed by atoms with Gasteiger partial charge in [0.2, 0.25) is 0 Å². The summed E-state index contributed by atoms with van der Waals surface area (Å²) in [7, 11) is 4.01. The Labute approximate surface area is 178 Å². The quantitative estimate of drug-likeness (QED) is 0.336. The van der Waals surface area contributed by atoms with Crippen molar-refractivity contribution in [1.82, 2.24) is 20.0 Å². The molecule has 3 aromatic rings. The number of rotatable bonds is 6. The lowest BCUT2D eigenvalue weighted by Gasteiger charge is -2.19. The maximum Gasteiger partial charge on any atom is 0.194 e. The van der Waals surface area contributed by atoms with Gasteiger partial charge in [-0.15, -0.1) is 24.0 Å². The first-order chi connectivity index (χ1) is 12.7. The van der Waals surface area contributed by atoms with Crippen LogP contribution in [0.3, 0.4) is 0 Å². The van der Waals surface area contributed by atoms with Gasteiger partial charge in [0.1, 0.15) is 0 Å². The van der Waals surface area contributed by atoms with Crippen LogP contribution in [0.4, 0.5) is 0 Å². The van der Waals surface area contributed by atoms with Gasteiger partial charge in [-0.25, -0.2) is 4.99 Å². The lowest BCUT2D eigenvalue weighted by atomic mass is 10.1. The number of aliphatic imine (C=N–C) groups is 1. The summed E-state index contributed by atoms with van der Waals surface area (Å²) in [5.41, 5.74) is 3.70. The summed E-state index contributed by atoms with van der Waals surface area (Å²) in [6.45, 7) is 2.16. The first-order valence-corrected chi connectivity index (χ1v) is 8.76. The molecule has 0 radical (unpaired) electrons. The average molecular weight is 475 g/mol. The molecule has 0 saturated carbocycles. The van der Waals surface area contributed by atoms with Gasteiger partial charge in [-0.2, -0.15) is 5.10 Å². The molecule has 0 saturated heterocycles. The Balaban J connectivity index is 0.00000261. The van der Waals surface area contributed by atoms with E-state index in [0.29, 0.717) is 6.54 Å². The van der Waals surface area contributed by atoms with E-state index >= 15 is 0 Å². The molecule has 0 atom stereocenters. The van der Waals surface area contributed by atoms with Crippen molar-refractivity contribution in [3.8, 4) is 0 Å². The van der Waals surface area contributed by atoms with Crippen LogP contribution in [0.1, 0.15) is 16.7 Å². The molecule has 0 aliphatic carbocycles. The zero-order valence-corrected chi connectivity index (χ0v) is 18.1. The molecule has 0 unspecified atom stereocenters. The van der Waals surface area contributed by atoms with E-state index in [-0.39, 0.29) is 24.0 Å². The standard InChI is InChI=1S/C21H25N5.HI/c1-25(2)21(22-15-18-9-4-3-5-10-18)23-16-19-11-6-7-12-20(19)17-26-14-8-13-24-26;/h3-14H,15-17H2,1-2H3,(H,22,23);1H. The molecule has 0 amide bonds. The van der Waals surface area contributed by atoms with Crippen LogP contribution in [0.5, 0.6) is 0 Å². The molecule has 1 heterocycles. The zero-order chi connectivity index (χ0) is 18.2. The fraction of sp³-hybridized carbons (Fsp3) is 0.238. The first-order valence-electron chi connectivity index (χ1n) is 8.76. The van der Waals surface area contributed by atoms with Crippen molar-refractivity contribution in [1.29, 1.82) is 0 Å². The molecule has 6 heteroatoms. The molecule has 0 aliphatic heterocycles. The highest BCUT2D eigenvalue weighted by Crippen LogP contribution is 2.10. The lowest BCUT2D eigenvalue weighted by Crippen LogP contribution is -2.36. The highest BCUT2D eigenvalue weighted by atomic mass is 127. The number of nitrogens with zero attached hydrogens (tertiary/aromatic N) is 4. The second-order valence-electron chi connectivity index (χ2n) is 6.35. The Hall–Kier alpha value is -2.35. The number of halogens is 1. The molecule has 0 bridgehead atoms. The molecule has 0 fully saturated rings. The van der Waals surface area contributed by atoms with Crippen LogP contribution >= 0.6 is 24.0 Å². The van der Waals surface area contributed by atoms with E-state index in [0.717, 1.165) is 19.0 Å². The zero-order valence-electron chi connectivity index (χ0n) is 15.7. The normalized spacial score (nSPS) is 11.0. The van der Waals surface area contributed by atoms with E-state index in [2.05, 4.69) is 46.8 Å². The number of guanidine groups is 1. The fourth-order valence-electron chi connectivity index (χ4n) is 2.73. The Morgan fingerprint density at radius 3 is 2.37 bits per heavy atom. The number of nitrogens with one attached hydrogen (secondary N) is 1. The minimum absolute atomic E-state index is 0. The maximum absolute atomic E-state index is 4.73.